The lowest BCUT2D eigenvalue weighted by atomic mass is 10.3. The maximum Gasteiger partial charge on any atom is 0.218 e. The van der Waals surface area contributed by atoms with Crippen LogP contribution in [-0.2, 0) is 7.05 Å². The Balaban J connectivity index is 2.29. The van der Waals surface area contributed by atoms with Gasteiger partial charge in [-0.05, 0) is 12.1 Å². The molecule has 1 aromatic carbocycles. The summed E-state index contributed by atoms with van der Waals surface area (Å²) in [6.45, 7) is 0. The zero-order valence-corrected chi connectivity index (χ0v) is 9.93. The summed E-state index contributed by atoms with van der Waals surface area (Å²) in [5.41, 5.74) is 0. The average molecular weight is 233 g/mol. The third-order valence-electron chi connectivity index (χ3n) is 2.30. The van der Waals surface area contributed by atoms with E-state index in [9.17, 15) is 0 Å². The fraction of sp³-hybridized carbons (Fsp3) is 0.250. The molecule has 0 spiro atoms. The van der Waals surface area contributed by atoms with E-state index in [2.05, 4.69) is 11.3 Å². The Morgan fingerprint density at radius 2 is 2.00 bits per heavy atom. The first kappa shape index (κ1) is 11.3. The molecule has 0 bridgehead atoms. The minimum atomic E-state index is 0.591. The van der Waals surface area contributed by atoms with Gasteiger partial charge < -0.3 is 14.2 Å². The van der Waals surface area contributed by atoms with E-state index in [1.54, 1.807) is 50.2 Å². The number of methoxy groups -OCH3 is 2. The van der Waals surface area contributed by atoms with E-state index in [1.807, 2.05) is 0 Å². The summed E-state index contributed by atoms with van der Waals surface area (Å²) in [4.78, 5) is 0. The van der Waals surface area contributed by atoms with Gasteiger partial charge in [-0.3, -0.25) is 0 Å². The van der Waals surface area contributed by atoms with Gasteiger partial charge in [-0.1, -0.05) is 0 Å². The molecule has 0 aliphatic heterocycles. The van der Waals surface area contributed by atoms with Crippen LogP contribution in [0.3, 0.4) is 0 Å². The standard InChI is InChI=1S/C12H13N2O3/c1-14-12(6-7-13-14)17-10-5-4-9(15-2)8-11(10)16-3/h4-6,8H,1-3H3. The number of rotatable bonds is 4. The molecule has 0 unspecified atom stereocenters. The SMILES string of the molecule is COc1ccc(Oc2c[c]nn2C)c(OC)c1. The molecular weight excluding hydrogens is 220 g/mol. The quantitative estimate of drug-likeness (QED) is 0.810. The first-order chi connectivity index (χ1) is 8.24. The van der Waals surface area contributed by atoms with E-state index < -0.39 is 0 Å². The molecule has 1 aromatic heterocycles. The van der Waals surface area contributed by atoms with E-state index in [-0.39, 0.29) is 0 Å². The van der Waals surface area contributed by atoms with Gasteiger partial charge in [0.2, 0.25) is 5.88 Å². The fourth-order valence-electron chi connectivity index (χ4n) is 1.38. The zero-order chi connectivity index (χ0) is 12.3. The molecule has 0 N–H and O–H groups in total. The van der Waals surface area contributed by atoms with Gasteiger partial charge in [-0.15, -0.1) is 0 Å². The molecule has 1 heterocycles. The van der Waals surface area contributed by atoms with Crippen LogP contribution in [0.15, 0.2) is 24.3 Å². The summed E-state index contributed by atoms with van der Waals surface area (Å²) in [5.74, 6) is 2.51. The minimum Gasteiger partial charge on any atom is -0.497 e. The van der Waals surface area contributed by atoms with E-state index in [0.717, 1.165) is 0 Å². The number of ether oxygens (including phenoxy) is 3. The summed E-state index contributed by atoms with van der Waals surface area (Å²) >= 11 is 0. The topological polar surface area (TPSA) is 45.5 Å². The summed E-state index contributed by atoms with van der Waals surface area (Å²) in [6.07, 6.45) is 2.70. The van der Waals surface area contributed by atoms with Crippen LogP contribution in [0, 0.1) is 6.20 Å². The number of nitrogens with zero attached hydrogens (tertiary/aromatic N) is 2. The van der Waals surface area contributed by atoms with Crippen molar-refractivity contribution in [1.29, 1.82) is 0 Å². The molecule has 0 atom stereocenters. The number of aryl methyl sites for hydroxylation is 1. The van der Waals surface area contributed by atoms with Gasteiger partial charge in [0.25, 0.3) is 0 Å². The lowest BCUT2D eigenvalue weighted by Gasteiger charge is -2.11. The van der Waals surface area contributed by atoms with Crippen molar-refractivity contribution in [2.45, 2.75) is 0 Å². The maximum atomic E-state index is 5.66. The monoisotopic (exact) mass is 233 g/mol. The van der Waals surface area contributed by atoms with Crippen molar-refractivity contribution in [3.63, 3.8) is 0 Å². The van der Waals surface area contributed by atoms with Gasteiger partial charge in [0, 0.05) is 19.2 Å². The lowest BCUT2D eigenvalue weighted by Crippen LogP contribution is -1.97. The fourth-order valence-corrected chi connectivity index (χ4v) is 1.38. The molecule has 0 fully saturated rings. The number of hydrogen-bond acceptors (Lipinski definition) is 4. The molecule has 2 aromatic rings. The predicted octanol–water partition coefficient (Wildman–Crippen LogP) is 2.03. The first-order valence-electron chi connectivity index (χ1n) is 5.04. The largest absolute Gasteiger partial charge is 0.497 e. The zero-order valence-electron chi connectivity index (χ0n) is 9.93. The second-order valence-electron chi connectivity index (χ2n) is 3.35. The van der Waals surface area contributed by atoms with Crippen LogP contribution >= 0.6 is 0 Å². The molecule has 0 amide bonds. The van der Waals surface area contributed by atoms with Gasteiger partial charge in [-0.2, -0.15) is 5.10 Å². The highest BCUT2D eigenvalue weighted by atomic mass is 16.5. The average Bonchev–Trinajstić information content (AvgIpc) is 2.75. The molecule has 2 rings (SSSR count). The van der Waals surface area contributed by atoms with Crippen molar-refractivity contribution in [3.05, 3.63) is 30.5 Å². The summed E-state index contributed by atoms with van der Waals surface area (Å²) in [5, 5.41) is 3.90. The van der Waals surface area contributed by atoms with Gasteiger partial charge in [0.1, 0.15) is 11.9 Å². The predicted molar refractivity (Wildman–Crippen MR) is 61.7 cm³/mol. The van der Waals surface area contributed by atoms with Crippen LogP contribution in [0.1, 0.15) is 0 Å². The van der Waals surface area contributed by atoms with Gasteiger partial charge in [0.15, 0.2) is 11.5 Å². The third-order valence-corrected chi connectivity index (χ3v) is 2.30. The Morgan fingerprint density at radius 3 is 2.59 bits per heavy atom. The van der Waals surface area contributed by atoms with E-state index >= 15 is 0 Å². The molecule has 0 saturated heterocycles. The Labute approximate surface area is 99.5 Å². The molecule has 0 saturated carbocycles. The minimum absolute atomic E-state index is 0.591. The highest BCUT2D eigenvalue weighted by molar-refractivity contribution is 5.46. The molecule has 5 heteroatoms. The molecule has 5 nitrogen and oxygen atoms in total. The molecule has 17 heavy (non-hydrogen) atoms. The first-order valence-corrected chi connectivity index (χ1v) is 5.04. The smallest absolute Gasteiger partial charge is 0.218 e. The summed E-state index contributed by atoms with van der Waals surface area (Å²) in [6, 6.07) is 7.00. The van der Waals surface area contributed by atoms with Gasteiger partial charge in [-0.25, -0.2) is 4.68 Å². The number of aromatic nitrogens is 2. The van der Waals surface area contributed by atoms with Crippen molar-refractivity contribution in [2.75, 3.05) is 14.2 Å². The second kappa shape index (κ2) is 4.78. The van der Waals surface area contributed by atoms with Crippen LogP contribution < -0.4 is 14.2 Å². The number of hydrogen-bond donors (Lipinski definition) is 0. The molecule has 1 radical (unpaired) electrons. The third kappa shape index (κ3) is 2.33. The number of benzene rings is 1. The Hall–Kier alpha value is -2.17. The van der Waals surface area contributed by atoms with Crippen molar-refractivity contribution in [2.24, 2.45) is 7.05 Å². The van der Waals surface area contributed by atoms with Crippen molar-refractivity contribution < 1.29 is 14.2 Å². The van der Waals surface area contributed by atoms with Crippen LogP contribution in [0.25, 0.3) is 0 Å². The van der Waals surface area contributed by atoms with Gasteiger partial charge >= 0.3 is 0 Å². The highest BCUT2D eigenvalue weighted by Gasteiger charge is 2.09. The Kier molecular flexibility index (Phi) is 3.18. The van der Waals surface area contributed by atoms with Crippen LogP contribution in [-0.4, -0.2) is 24.0 Å². The molecular formula is C12H13N2O3. The highest BCUT2D eigenvalue weighted by Crippen LogP contribution is 2.34. The second-order valence-corrected chi connectivity index (χ2v) is 3.35. The van der Waals surface area contributed by atoms with Crippen LogP contribution in [0.4, 0.5) is 0 Å². The lowest BCUT2D eigenvalue weighted by molar-refractivity contribution is 0.358. The van der Waals surface area contributed by atoms with Crippen molar-refractivity contribution in [3.8, 4) is 23.1 Å². The Bertz CT molecular complexity index is 508. The Morgan fingerprint density at radius 1 is 1.18 bits per heavy atom. The van der Waals surface area contributed by atoms with Gasteiger partial charge in [0.05, 0.1) is 14.2 Å². The van der Waals surface area contributed by atoms with E-state index in [1.165, 1.54) is 0 Å². The molecule has 0 aliphatic rings. The normalized spacial score (nSPS) is 10.1. The molecule has 89 valence electrons. The summed E-state index contributed by atoms with van der Waals surface area (Å²) < 4.78 is 17.6. The van der Waals surface area contributed by atoms with Crippen LogP contribution in [0.2, 0.25) is 0 Å². The van der Waals surface area contributed by atoms with Crippen LogP contribution in [0.5, 0.6) is 23.1 Å². The van der Waals surface area contributed by atoms with E-state index in [4.69, 9.17) is 14.2 Å². The van der Waals surface area contributed by atoms with Crippen molar-refractivity contribution >= 4 is 0 Å². The molecule has 0 aliphatic carbocycles. The van der Waals surface area contributed by atoms with E-state index in [0.29, 0.717) is 23.1 Å². The summed E-state index contributed by atoms with van der Waals surface area (Å²) in [7, 11) is 4.96. The maximum absolute atomic E-state index is 5.66. The van der Waals surface area contributed by atoms with Crippen molar-refractivity contribution in [1.82, 2.24) is 9.78 Å².